The van der Waals surface area contributed by atoms with Gasteiger partial charge >= 0.3 is 0 Å². The van der Waals surface area contributed by atoms with Crippen LogP contribution in [0.3, 0.4) is 0 Å². The third-order valence-electron chi connectivity index (χ3n) is 3.70. The second-order valence-corrected chi connectivity index (χ2v) is 5.54. The van der Waals surface area contributed by atoms with E-state index in [-0.39, 0.29) is 24.2 Å². The van der Waals surface area contributed by atoms with Crippen LogP contribution in [0.25, 0.3) is 0 Å². The number of rotatable bonds is 5. The fourth-order valence-electron chi connectivity index (χ4n) is 2.47. The summed E-state index contributed by atoms with van der Waals surface area (Å²) in [6.07, 6.45) is 0.272. The maximum Gasteiger partial charge on any atom is 0.255 e. The van der Waals surface area contributed by atoms with E-state index >= 15 is 0 Å². The molecule has 2 aromatic rings. The number of hydrogen-bond donors (Lipinski definition) is 1. The second kappa shape index (κ2) is 6.56. The smallest absolute Gasteiger partial charge is 0.255 e. The molecule has 1 amide bonds. The van der Waals surface area contributed by atoms with Gasteiger partial charge in [0.15, 0.2) is 5.78 Å². The lowest BCUT2D eigenvalue weighted by molar-refractivity contribution is 0.0917. The minimum atomic E-state index is -0.237. The predicted octanol–water partition coefficient (Wildman–Crippen LogP) is 2.43. The summed E-state index contributed by atoms with van der Waals surface area (Å²) in [4.78, 5) is 24.5. The molecule has 5 nitrogen and oxygen atoms in total. The molecular weight excluding hydrogens is 278 g/mol. The first kappa shape index (κ1) is 15.9. The molecule has 0 radical (unpaired) electrons. The number of hydrogen-bond acceptors (Lipinski definition) is 3. The molecule has 0 spiro atoms. The number of carbonyl (C=O) groups excluding carboxylic acids is 2. The Balaban J connectivity index is 2.01. The van der Waals surface area contributed by atoms with Crippen LogP contribution >= 0.6 is 0 Å². The van der Waals surface area contributed by atoms with Gasteiger partial charge in [-0.25, -0.2) is 0 Å². The summed E-state index contributed by atoms with van der Waals surface area (Å²) in [6, 6.07) is 8.87. The Labute approximate surface area is 130 Å². The Morgan fingerprint density at radius 1 is 1.23 bits per heavy atom. The number of amides is 1. The van der Waals surface area contributed by atoms with Crippen LogP contribution in [-0.2, 0) is 7.05 Å². The van der Waals surface area contributed by atoms with Crippen LogP contribution in [-0.4, -0.2) is 27.5 Å². The van der Waals surface area contributed by atoms with Gasteiger partial charge in [-0.2, -0.15) is 5.10 Å². The van der Waals surface area contributed by atoms with Crippen LogP contribution in [0.5, 0.6) is 0 Å². The molecule has 0 saturated carbocycles. The van der Waals surface area contributed by atoms with Crippen LogP contribution in [0, 0.1) is 13.8 Å². The van der Waals surface area contributed by atoms with E-state index in [4.69, 9.17) is 0 Å². The molecule has 1 heterocycles. The standard InChI is InChI=1S/C17H21N3O2/c1-11(10-15(21)14-8-6-5-7-9-14)18-17(22)16-12(2)19-20(4)13(16)3/h5-9,11H,10H2,1-4H3,(H,18,22)/t11-/m0/s1. The van der Waals surface area contributed by atoms with Crippen molar-refractivity contribution in [2.24, 2.45) is 7.05 Å². The lowest BCUT2D eigenvalue weighted by Gasteiger charge is -2.13. The van der Waals surface area contributed by atoms with Gasteiger partial charge in [0, 0.05) is 30.8 Å². The number of aromatic nitrogens is 2. The summed E-state index contributed by atoms with van der Waals surface area (Å²) in [7, 11) is 1.81. The van der Waals surface area contributed by atoms with Crippen molar-refractivity contribution in [3.8, 4) is 0 Å². The number of ketones is 1. The Hall–Kier alpha value is -2.43. The van der Waals surface area contributed by atoms with Gasteiger partial charge in [0.25, 0.3) is 5.91 Å². The monoisotopic (exact) mass is 299 g/mol. The zero-order valence-electron chi connectivity index (χ0n) is 13.4. The zero-order valence-corrected chi connectivity index (χ0v) is 13.4. The molecule has 1 N–H and O–H groups in total. The van der Waals surface area contributed by atoms with E-state index in [2.05, 4.69) is 10.4 Å². The van der Waals surface area contributed by atoms with E-state index < -0.39 is 0 Å². The Bertz CT molecular complexity index is 689. The molecular formula is C17H21N3O2. The van der Waals surface area contributed by atoms with Gasteiger partial charge in [0.1, 0.15) is 0 Å². The van der Waals surface area contributed by atoms with Crippen molar-refractivity contribution in [1.82, 2.24) is 15.1 Å². The number of nitrogens with one attached hydrogen (secondary N) is 1. The number of carbonyl (C=O) groups is 2. The van der Waals surface area contributed by atoms with Crippen molar-refractivity contribution in [2.45, 2.75) is 33.2 Å². The van der Waals surface area contributed by atoms with Crippen molar-refractivity contribution in [3.05, 3.63) is 52.8 Å². The molecule has 0 aliphatic carbocycles. The first-order valence-electron chi connectivity index (χ1n) is 7.29. The molecule has 0 saturated heterocycles. The molecule has 0 aliphatic rings. The molecule has 0 fully saturated rings. The highest BCUT2D eigenvalue weighted by atomic mass is 16.2. The van der Waals surface area contributed by atoms with Crippen LogP contribution < -0.4 is 5.32 Å². The maximum absolute atomic E-state index is 12.4. The molecule has 5 heteroatoms. The molecule has 1 atom stereocenters. The van der Waals surface area contributed by atoms with E-state index in [1.54, 1.807) is 16.8 Å². The highest BCUT2D eigenvalue weighted by Crippen LogP contribution is 2.12. The number of benzene rings is 1. The lowest BCUT2D eigenvalue weighted by Crippen LogP contribution is -2.34. The average molecular weight is 299 g/mol. The number of aryl methyl sites for hydroxylation is 2. The topological polar surface area (TPSA) is 64.0 Å². The van der Waals surface area contributed by atoms with E-state index in [9.17, 15) is 9.59 Å². The third kappa shape index (κ3) is 3.42. The summed E-state index contributed by atoms with van der Waals surface area (Å²) < 4.78 is 1.68. The van der Waals surface area contributed by atoms with Gasteiger partial charge in [0.05, 0.1) is 11.3 Å². The minimum absolute atomic E-state index is 0.0213. The predicted molar refractivity (Wildman–Crippen MR) is 85.0 cm³/mol. The van der Waals surface area contributed by atoms with Crippen molar-refractivity contribution >= 4 is 11.7 Å². The molecule has 1 aromatic heterocycles. The summed E-state index contributed by atoms with van der Waals surface area (Å²) in [5, 5.41) is 7.12. The van der Waals surface area contributed by atoms with Crippen LogP contribution in [0.2, 0.25) is 0 Å². The lowest BCUT2D eigenvalue weighted by atomic mass is 10.0. The van der Waals surface area contributed by atoms with Gasteiger partial charge in [0.2, 0.25) is 0 Å². The van der Waals surface area contributed by atoms with Gasteiger partial charge in [-0.15, -0.1) is 0 Å². The molecule has 1 aromatic carbocycles. The molecule has 2 rings (SSSR count). The Kier molecular flexibility index (Phi) is 4.75. The quantitative estimate of drug-likeness (QED) is 0.862. The molecule has 0 bridgehead atoms. The largest absolute Gasteiger partial charge is 0.349 e. The third-order valence-corrected chi connectivity index (χ3v) is 3.70. The molecule has 22 heavy (non-hydrogen) atoms. The fourth-order valence-corrected chi connectivity index (χ4v) is 2.47. The van der Waals surface area contributed by atoms with Gasteiger partial charge in [-0.05, 0) is 20.8 Å². The maximum atomic E-state index is 12.4. The van der Waals surface area contributed by atoms with Crippen molar-refractivity contribution in [1.29, 1.82) is 0 Å². The van der Waals surface area contributed by atoms with E-state index in [0.29, 0.717) is 16.8 Å². The Morgan fingerprint density at radius 3 is 2.41 bits per heavy atom. The molecule has 0 aliphatic heterocycles. The zero-order chi connectivity index (χ0) is 16.3. The summed E-state index contributed by atoms with van der Waals surface area (Å²) in [5.74, 6) is -0.163. The SMILES string of the molecule is Cc1nn(C)c(C)c1C(=O)N[C@@H](C)CC(=O)c1ccccc1. The first-order chi connectivity index (χ1) is 10.4. The van der Waals surface area contributed by atoms with Crippen LogP contribution in [0.15, 0.2) is 30.3 Å². The van der Waals surface area contributed by atoms with Gasteiger partial charge in [-0.1, -0.05) is 30.3 Å². The molecule has 116 valence electrons. The van der Waals surface area contributed by atoms with E-state index in [1.165, 1.54) is 0 Å². The normalized spacial score (nSPS) is 12.0. The summed E-state index contributed by atoms with van der Waals surface area (Å²) in [6.45, 7) is 5.50. The van der Waals surface area contributed by atoms with E-state index in [0.717, 1.165) is 5.69 Å². The summed E-state index contributed by atoms with van der Waals surface area (Å²) in [5.41, 5.74) is 2.76. The van der Waals surface area contributed by atoms with E-state index in [1.807, 2.05) is 46.0 Å². The summed E-state index contributed by atoms with van der Waals surface area (Å²) >= 11 is 0. The number of nitrogens with zero attached hydrogens (tertiary/aromatic N) is 2. The first-order valence-corrected chi connectivity index (χ1v) is 7.29. The van der Waals surface area contributed by atoms with Crippen molar-refractivity contribution < 1.29 is 9.59 Å². The van der Waals surface area contributed by atoms with Crippen molar-refractivity contribution in [3.63, 3.8) is 0 Å². The highest BCUT2D eigenvalue weighted by molar-refractivity contribution is 5.98. The van der Waals surface area contributed by atoms with Crippen molar-refractivity contribution in [2.75, 3.05) is 0 Å². The molecule has 0 unspecified atom stereocenters. The van der Waals surface area contributed by atoms with Crippen LogP contribution in [0.4, 0.5) is 0 Å². The fraction of sp³-hybridized carbons (Fsp3) is 0.353. The van der Waals surface area contributed by atoms with Gasteiger partial charge < -0.3 is 5.32 Å². The number of Topliss-reactive ketones (excluding diaryl/α,β-unsaturated/α-hetero) is 1. The average Bonchev–Trinajstić information content (AvgIpc) is 2.72. The van der Waals surface area contributed by atoms with Gasteiger partial charge in [-0.3, -0.25) is 14.3 Å². The minimum Gasteiger partial charge on any atom is -0.349 e. The highest BCUT2D eigenvalue weighted by Gasteiger charge is 2.20. The van der Waals surface area contributed by atoms with Crippen LogP contribution in [0.1, 0.15) is 45.4 Å². The Morgan fingerprint density at radius 2 is 1.86 bits per heavy atom. The second-order valence-electron chi connectivity index (χ2n) is 5.54.